The van der Waals surface area contributed by atoms with Gasteiger partial charge in [0, 0.05) is 36.0 Å². The Bertz CT molecular complexity index is 1490. The topological polar surface area (TPSA) is 86.1 Å². The molecule has 6 nitrogen and oxygen atoms in total. The van der Waals surface area contributed by atoms with Crippen LogP contribution in [0.1, 0.15) is 28.2 Å². The van der Waals surface area contributed by atoms with Crippen molar-refractivity contribution in [1.29, 1.82) is 5.41 Å². The molecule has 3 N–H and O–H groups in total. The van der Waals surface area contributed by atoms with Gasteiger partial charge in [0.2, 0.25) is 0 Å². The van der Waals surface area contributed by atoms with E-state index in [2.05, 4.69) is 25.2 Å². The van der Waals surface area contributed by atoms with Crippen molar-refractivity contribution < 1.29 is 17.9 Å². The first-order chi connectivity index (χ1) is 17.3. The van der Waals surface area contributed by atoms with Crippen LogP contribution in [0.3, 0.4) is 0 Å². The predicted octanol–water partition coefficient (Wildman–Crippen LogP) is 6.74. The molecular weight excluding hydrogens is 491 g/mol. The highest BCUT2D eigenvalue weighted by Gasteiger charge is 2.31. The molecule has 0 amide bonds. The van der Waals surface area contributed by atoms with E-state index < -0.39 is 6.36 Å². The number of hydrogen-bond acceptors (Lipinski definition) is 5. The molecule has 0 saturated heterocycles. The monoisotopic (exact) mass is 509 g/mol. The molecule has 1 atom stereocenters. The van der Waals surface area contributed by atoms with Gasteiger partial charge >= 0.3 is 6.36 Å². The number of hydrogen-bond donors (Lipinski definition) is 3. The molecule has 0 spiro atoms. The third-order valence-electron chi connectivity index (χ3n) is 5.81. The van der Waals surface area contributed by atoms with Gasteiger partial charge in [-0.25, -0.2) is 0 Å². The molecule has 0 bridgehead atoms. The first kappa shape index (κ1) is 23.6. The van der Waals surface area contributed by atoms with Gasteiger partial charge in [-0.15, -0.1) is 13.2 Å². The van der Waals surface area contributed by atoms with Crippen molar-refractivity contribution in [2.24, 2.45) is 4.99 Å². The van der Waals surface area contributed by atoms with Crippen LogP contribution in [0.15, 0.2) is 71.9 Å². The third-order valence-corrected chi connectivity index (χ3v) is 6.09. The lowest BCUT2D eigenvalue weighted by Crippen LogP contribution is -2.17. The maximum Gasteiger partial charge on any atom is 0.573 e. The number of nitrogens with one attached hydrogen (secondary N) is 3. The number of ether oxygens (including phenoxy) is 1. The van der Waals surface area contributed by atoms with Gasteiger partial charge in [0.05, 0.1) is 22.4 Å². The zero-order chi connectivity index (χ0) is 25.3. The first-order valence-corrected chi connectivity index (χ1v) is 11.3. The van der Waals surface area contributed by atoms with Crippen molar-refractivity contribution >= 4 is 46.3 Å². The second-order valence-corrected chi connectivity index (χ2v) is 8.57. The van der Waals surface area contributed by atoms with Crippen LogP contribution in [0.4, 0.5) is 18.9 Å². The Hall–Kier alpha value is -4.11. The fourth-order valence-corrected chi connectivity index (χ4v) is 4.41. The van der Waals surface area contributed by atoms with E-state index in [1.165, 1.54) is 12.1 Å². The summed E-state index contributed by atoms with van der Waals surface area (Å²) in [4.78, 5) is 4.54. The lowest BCUT2D eigenvalue weighted by molar-refractivity contribution is -0.274. The summed E-state index contributed by atoms with van der Waals surface area (Å²) in [7, 11) is 0. The van der Waals surface area contributed by atoms with Crippen LogP contribution in [-0.4, -0.2) is 29.0 Å². The molecule has 36 heavy (non-hydrogen) atoms. The Kier molecular flexibility index (Phi) is 6.24. The molecule has 0 aliphatic carbocycles. The number of alkyl halides is 3. The smallest absolute Gasteiger partial charge is 0.406 e. The number of nitrogens with zero attached hydrogens (tertiary/aromatic N) is 2. The lowest BCUT2D eigenvalue weighted by Gasteiger charge is -2.16. The highest BCUT2D eigenvalue weighted by Crippen LogP contribution is 2.43. The summed E-state index contributed by atoms with van der Waals surface area (Å²) in [5.74, 6) is -0.390. The molecule has 5 rings (SSSR count). The van der Waals surface area contributed by atoms with Crippen LogP contribution in [0, 0.1) is 5.41 Å². The minimum absolute atomic E-state index is 0.104. The van der Waals surface area contributed by atoms with Gasteiger partial charge in [-0.3, -0.25) is 10.1 Å². The molecule has 10 heteroatoms. The Morgan fingerprint density at radius 1 is 1.14 bits per heavy atom. The fourth-order valence-electron chi connectivity index (χ4n) is 4.14. The second-order valence-electron chi connectivity index (χ2n) is 8.16. The number of aromatic amines is 1. The van der Waals surface area contributed by atoms with Gasteiger partial charge < -0.3 is 15.5 Å². The fraction of sp³-hybridized carbons (Fsp3) is 0.115. The van der Waals surface area contributed by atoms with Gasteiger partial charge in [0.1, 0.15) is 5.75 Å². The molecular formula is C26H19ClF3N5O. The SMILES string of the molecule is N=C/C=C(\NCc1ccc(OC(F)(F)F)cc1)c1cc(Cl)c2c(c1)C(c1ccc3cn[nH]c3c1)C=N2. The van der Waals surface area contributed by atoms with Crippen LogP contribution in [0.5, 0.6) is 5.75 Å². The molecule has 0 radical (unpaired) electrons. The predicted molar refractivity (Wildman–Crippen MR) is 134 cm³/mol. The van der Waals surface area contributed by atoms with Crippen LogP contribution in [0.25, 0.3) is 16.6 Å². The van der Waals surface area contributed by atoms with E-state index in [0.29, 0.717) is 23.0 Å². The average molecular weight is 510 g/mol. The van der Waals surface area contributed by atoms with Crippen molar-refractivity contribution in [2.75, 3.05) is 0 Å². The average Bonchev–Trinajstić information content (AvgIpc) is 3.48. The number of fused-ring (bicyclic) bond motifs is 2. The van der Waals surface area contributed by atoms with E-state index >= 15 is 0 Å². The van der Waals surface area contributed by atoms with Gasteiger partial charge in [-0.1, -0.05) is 35.9 Å². The Labute approximate surface area is 209 Å². The van der Waals surface area contributed by atoms with Crippen molar-refractivity contribution in [3.8, 4) is 5.75 Å². The minimum Gasteiger partial charge on any atom is -0.406 e. The number of rotatable bonds is 7. The zero-order valence-corrected chi connectivity index (χ0v) is 19.4. The summed E-state index contributed by atoms with van der Waals surface area (Å²) >= 11 is 6.59. The van der Waals surface area contributed by atoms with Gasteiger partial charge in [-0.2, -0.15) is 5.10 Å². The number of aromatic nitrogens is 2. The van der Waals surface area contributed by atoms with E-state index in [1.54, 1.807) is 30.5 Å². The normalized spacial score (nSPS) is 15.2. The molecule has 4 aromatic rings. The molecule has 0 saturated carbocycles. The van der Waals surface area contributed by atoms with Crippen LogP contribution in [-0.2, 0) is 6.54 Å². The summed E-state index contributed by atoms with van der Waals surface area (Å²) in [5, 5.41) is 19.4. The number of aliphatic imine (C=N–C) groups is 1. The molecule has 0 fully saturated rings. The summed E-state index contributed by atoms with van der Waals surface area (Å²) < 4.78 is 41.1. The van der Waals surface area contributed by atoms with Crippen LogP contribution < -0.4 is 10.1 Å². The molecule has 1 aromatic heterocycles. The largest absolute Gasteiger partial charge is 0.573 e. The quantitative estimate of drug-likeness (QED) is 0.241. The highest BCUT2D eigenvalue weighted by atomic mass is 35.5. The molecule has 2 heterocycles. The molecule has 1 aliphatic rings. The van der Waals surface area contributed by atoms with E-state index in [-0.39, 0.29) is 11.7 Å². The molecule has 182 valence electrons. The summed E-state index contributed by atoms with van der Waals surface area (Å²) in [5.41, 5.74) is 5.73. The van der Waals surface area contributed by atoms with Crippen molar-refractivity contribution in [1.82, 2.24) is 15.5 Å². The maximum absolute atomic E-state index is 12.4. The number of allylic oxidation sites excluding steroid dienone is 1. The van der Waals surface area contributed by atoms with Crippen molar-refractivity contribution in [3.63, 3.8) is 0 Å². The van der Waals surface area contributed by atoms with E-state index in [0.717, 1.165) is 39.4 Å². The molecule has 1 aliphatic heterocycles. The highest BCUT2D eigenvalue weighted by molar-refractivity contribution is 6.33. The molecule has 1 unspecified atom stereocenters. The first-order valence-electron chi connectivity index (χ1n) is 10.9. The second kappa shape index (κ2) is 9.50. The van der Waals surface area contributed by atoms with E-state index in [1.807, 2.05) is 30.5 Å². The Balaban J connectivity index is 1.39. The Morgan fingerprint density at radius 2 is 1.94 bits per heavy atom. The third kappa shape index (κ3) is 4.96. The van der Waals surface area contributed by atoms with E-state index in [4.69, 9.17) is 17.0 Å². The van der Waals surface area contributed by atoms with Gasteiger partial charge in [0.15, 0.2) is 0 Å². The van der Waals surface area contributed by atoms with Gasteiger partial charge in [0.25, 0.3) is 0 Å². The Morgan fingerprint density at radius 3 is 2.69 bits per heavy atom. The zero-order valence-electron chi connectivity index (χ0n) is 18.6. The standard InChI is InChI=1S/C26H19ClF3N5O/c27-22-10-18(23(7-8-31)32-12-15-1-5-19(6-2-15)36-26(28,29)30)9-20-21(14-33-25(20)22)16-3-4-17-13-34-35-24(17)11-16/h1-11,13-14,21,31-32H,12H2,(H,34,35)/b23-7-,31-8?. The lowest BCUT2D eigenvalue weighted by atomic mass is 9.91. The molecule has 3 aromatic carbocycles. The van der Waals surface area contributed by atoms with Gasteiger partial charge in [-0.05, 0) is 58.7 Å². The maximum atomic E-state index is 12.4. The van der Waals surface area contributed by atoms with Crippen molar-refractivity contribution in [2.45, 2.75) is 18.8 Å². The number of H-pyrrole nitrogens is 1. The van der Waals surface area contributed by atoms with Crippen LogP contribution >= 0.6 is 11.6 Å². The van der Waals surface area contributed by atoms with Crippen molar-refractivity contribution in [3.05, 3.63) is 94.1 Å². The number of benzene rings is 3. The minimum atomic E-state index is -4.74. The van der Waals surface area contributed by atoms with E-state index in [9.17, 15) is 13.2 Å². The summed E-state index contributed by atoms with van der Waals surface area (Å²) in [6.07, 6.45) is 1.64. The van der Waals surface area contributed by atoms with Crippen LogP contribution in [0.2, 0.25) is 5.02 Å². The number of halogens is 4. The summed E-state index contributed by atoms with van der Waals surface area (Å²) in [6.45, 7) is 0.317. The summed E-state index contributed by atoms with van der Waals surface area (Å²) in [6, 6.07) is 15.4.